The zero-order chi connectivity index (χ0) is 25.3. The molecule has 3 aromatic rings. The highest BCUT2D eigenvalue weighted by molar-refractivity contribution is 7.88. The van der Waals surface area contributed by atoms with Crippen LogP contribution >= 0.6 is 0 Å². The molecule has 0 N–H and O–H groups in total. The van der Waals surface area contributed by atoms with Gasteiger partial charge in [0.15, 0.2) is 0 Å². The lowest BCUT2D eigenvalue weighted by Crippen LogP contribution is -2.50. The summed E-state index contributed by atoms with van der Waals surface area (Å²) in [5.41, 5.74) is 3.16. The zero-order valence-corrected chi connectivity index (χ0v) is 21.3. The van der Waals surface area contributed by atoms with Gasteiger partial charge in [-0.1, -0.05) is 30.3 Å². The second kappa shape index (κ2) is 10.1. The maximum absolute atomic E-state index is 14.3. The fourth-order valence-electron chi connectivity index (χ4n) is 5.35. The third-order valence-corrected chi connectivity index (χ3v) is 8.63. The summed E-state index contributed by atoms with van der Waals surface area (Å²) < 4.78 is 39.5. The molecule has 5 rings (SSSR count). The van der Waals surface area contributed by atoms with E-state index in [9.17, 15) is 17.6 Å². The molecule has 2 fully saturated rings. The number of halogens is 1. The van der Waals surface area contributed by atoms with Gasteiger partial charge in [-0.15, -0.1) is 0 Å². The number of rotatable bonds is 5. The second-order valence-electron chi connectivity index (χ2n) is 9.76. The Morgan fingerprint density at radius 3 is 2.36 bits per heavy atom. The molecule has 7 nitrogen and oxygen atoms in total. The summed E-state index contributed by atoms with van der Waals surface area (Å²) in [7, 11) is -3.29. The summed E-state index contributed by atoms with van der Waals surface area (Å²) in [5, 5.41) is 0.636. The van der Waals surface area contributed by atoms with Gasteiger partial charge in [-0.25, -0.2) is 12.8 Å². The molecule has 9 heteroatoms. The largest absolute Gasteiger partial charge is 0.370 e. The molecule has 1 amide bonds. The number of pyridine rings is 1. The maximum atomic E-state index is 14.3. The Bertz CT molecular complexity index is 1350. The van der Waals surface area contributed by atoms with Crippen LogP contribution in [-0.4, -0.2) is 74.0 Å². The minimum atomic E-state index is -3.29. The molecule has 0 atom stereocenters. The van der Waals surface area contributed by atoms with Gasteiger partial charge in [-0.2, -0.15) is 4.31 Å². The Labute approximate surface area is 211 Å². The van der Waals surface area contributed by atoms with Crippen molar-refractivity contribution in [1.82, 2.24) is 14.2 Å². The van der Waals surface area contributed by atoms with Gasteiger partial charge in [0.1, 0.15) is 5.82 Å². The molecule has 0 radical (unpaired) electrons. The number of aromatic nitrogens is 1. The third-order valence-electron chi connectivity index (χ3n) is 7.32. The number of sulfonamides is 1. The molecule has 190 valence electrons. The molecule has 1 aromatic heterocycles. The van der Waals surface area contributed by atoms with E-state index in [1.54, 1.807) is 17.2 Å². The van der Waals surface area contributed by atoms with Crippen LogP contribution in [0.3, 0.4) is 0 Å². The number of fused-ring (bicyclic) bond motifs is 1. The molecule has 0 unspecified atom stereocenters. The third kappa shape index (κ3) is 5.22. The van der Waals surface area contributed by atoms with E-state index in [0.717, 1.165) is 38.0 Å². The van der Waals surface area contributed by atoms with Crippen LogP contribution in [0, 0.1) is 11.7 Å². The van der Waals surface area contributed by atoms with E-state index < -0.39 is 10.0 Å². The number of carbonyl (C=O) groups excluding carboxylic acids is 1. The summed E-state index contributed by atoms with van der Waals surface area (Å²) in [4.78, 5) is 22.0. The van der Waals surface area contributed by atoms with Gasteiger partial charge >= 0.3 is 0 Å². The predicted octanol–water partition coefficient (Wildman–Crippen LogP) is 3.55. The van der Waals surface area contributed by atoms with Crippen molar-refractivity contribution in [2.24, 2.45) is 5.92 Å². The number of hydrogen-bond donors (Lipinski definition) is 0. The van der Waals surface area contributed by atoms with E-state index in [-0.39, 0.29) is 24.8 Å². The van der Waals surface area contributed by atoms with Crippen LogP contribution in [0.1, 0.15) is 28.8 Å². The van der Waals surface area contributed by atoms with Crippen LogP contribution in [-0.2, 0) is 16.4 Å². The number of hydrogen-bond acceptors (Lipinski definition) is 5. The summed E-state index contributed by atoms with van der Waals surface area (Å²) in [6.45, 7) is 2.70. The van der Waals surface area contributed by atoms with E-state index in [0.29, 0.717) is 35.5 Å². The predicted molar refractivity (Wildman–Crippen MR) is 139 cm³/mol. The van der Waals surface area contributed by atoms with Gasteiger partial charge in [0.05, 0.1) is 23.0 Å². The Morgan fingerprint density at radius 1 is 1.00 bits per heavy atom. The number of amides is 1. The average Bonchev–Trinajstić information content (AvgIpc) is 2.88. The smallest absolute Gasteiger partial charge is 0.257 e. The summed E-state index contributed by atoms with van der Waals surface area (Å²) >= 11 is 0. The lowest BCUT2D eigenvalue weighted by Gasteiger charge is -2.37. The van der Waals surface area contributed by atoms with Gasteiger partial charge < -0.3 is 9.80 Å². The van der Waals surface area contributed by atoms with Gasteiger partial charge in [-0.3, -0.25) is 9.78 Å². The fraction of sp³-hybridized carbons (Fsp3) is 0.407. The van der Waals surface area contributed by atoms with Crippen LogP contribution < -0.4 is 4.90 Å². The fourth-order valence-corrected chi connectivity index (χ4v) is 6.18. The molecule has 0 spiro atoms. The molecular formula is C27H31FN4O3S. The molecule has 2 aromatic carbocycles. The van der Waals surface area contributed by atoms with Gasteiger partial charge in [0, 0.05) is 50.9 Å². The standard InChI is InChI=1S/C27H31FN4O3S/c1-36(34,35)32-15-13-31(14-16-32)27(33)24-19-29-25-8-7-22(28)18-23(25)26(24)30-11-9-21(10-12-30)17-20-5-3-2-4-6-20/h2-8,18-19,21H,9-17H2,1H3. The first kappa shape index (κ1) is 24.6. The Hall–Kier alpha value is -3.04. The van der Waals surface area contributed by atoms with E-state index in [4.69, 9.17) is 0 Å². The van der Waals surface area contributed by atoms with Crippen LogP contribution in [0.25, 0.3) is 10.9 Å². The number of carbonyl (C=O) groups is 1. The molecule has 0 bridgehead atoms. The highest BCUT2D eigenvalue weighted by Gasteiger charge is 2.31. The number of nitrogens with zero attached hydrogens (tertiary/aromatic N) is 4. The summed E-state index contributed by atoms with van der Waals surface area (Å²) in [6.07, 6.45) is 5.77. The number of piperazine rings is 1. The highest BCUT2D eigenvalue weighted by Crippen LogP contribution is 2.35. The van der Waals surface area contributed by atoms with Crippen LogP contribution in [0.2, 0.25) is 0 Å². The molecule has 2 aliphatic heterocycles. The molecule has 2 aliphatic rings. The molecule has 0 aliphatic carbocycles. The van der Waals surface area contributed by atoms with Gasteiger partial charge in [0.25, 0.3) is 5.91 Å². The van der Waals surface area contributed by atoms with Crippen LogP contribution in [0.4, 0.5) is 10.1 Å². The second-order valence-corrected chi connectivity index (χ2v) is 11.7. The molecular weight excluding hydrogens is 479 g/mol. The van der Waals surface area contributed by atoms with Gasteiger partial charge in [0.2, 0.25) is 10.0 Å². The number of piperidine rings is 1. The van der Waals surface area contributed by atoms with Crippen molar-refractivity contribution in [1.29, 1.82) is 0 Å². The molecule has 36 heavy (non-hydrogen) atoms. The lowest BCUT2D eigenvalue weighted by atomic mass is 9.89. The maximum Gasteiger partial charge on any atom is 0.257 e. The topological polar surface area (TPSA) is 73.8 Å². The average molecular weight is 511 g/mol. The van der Waals surface area contributed by atoms with E-state index in [1.165, 1.54) is 28.3 Å². The summed E-state index contributed by atoms with van der Waals surface area (Å²) in [6, 6.07) is 15.0. The SMILES string of the molecule is CS(=O)(=O)N1CCN(C(=O)c2cnc3ccc(F)cc3c2N2CCC(Cc3ccccc3)CC2)CC1. The van der Waals surface area contributed by atoms with Gasteiger partial charge in [-0.05, 0) is 48.9 Å². The number of anilines is 1. The van der Waals surface area contributed by atoms with Crippen molar-refractivity contribution in [3.05, 3.63) is 71.7 Å². The highest BCUT2D eigenvalue weighted by atomic mass is 32.2. The Kier molecular flexibility index (Phi) is 6.94. The first-order valence-corrected chi connectivity index (χ1v) is 14.3. The van der Waals surface area contributed by atoms with E-state index in [2.05, 4.69) is 34.1 Å². The Morgan fingerprint density at radius 2 is 1.69 bits per heavy atom. The summed E-state index contributed by atoms with van der Waals surface area (Å²) in [5.74, 6) is -0.00388. The molecule has 0 saturated carbocycles. The first-order chi connectivity index (χ1) is 17.3. The van der Waals surface area contributed by atoms with E-state index in [1.807, 2.05) is 6.07 Å². The zero-order valence-electron chi connectivity index (χ0n) is 20.4. The minimum Gasteiger partial charge on any atom is -0.370 e. The Balaban J connectivity index is 1.40. The van der Waals surface area contributed by atoms with Crippen molar-refractivity contribution in [2.45, 2.75) is 19.3 Å². The van der Waals surface area contributed by atoms with Crippen molar-refractivity contribution < 1.29 is 17.6 Å². The van der Waals surface area contributed by atoms with Crippen molar-refractivity contribution in [3.8, 4) is 0 Å². The lowest BCUT2D eigenvalue weighted by molar-refractivity contribution is 0.0698. The number of benzene rings is 2. The monoisotopic (exact) mass is 510 g/mol. The minimum absolute atomic E-state index is 0.191. The molecule has 2 saturated heterocycles. The van der Waals surface area contributed by atoms with Crippen molar-refractivity contribution in [2.75, 3.05) is 50.4 Å². The van der Waals surface area contributed by atoms with E-state index >= 15 is 0 Å². The normalized spacial score (nSPS) is 18.1. The quantitative estimate of drug-likeness (QED) is 0.525. The van der Waals surface area contributed by atoms with Crippen LogP contribution in [0.5, 0.6) is 0 Å². The van der Waals surface area contributed by atoms with Crippen molar-refractivity contribution >= 4 is 32.5 Å². The van der Waals surface area contributed by atoms with Crippen molar-refractivity contribution in [3.63, 3.8) is 0 Å². The van der Waals surface area contributed by atoms with Crippen LogP contribution in [0.15, 0.2) is 54.7 Å². The molecule has 3 heterocycles. The first-order valence-electron chi connectivity index (χ1n) is 12.4.